The van der Waals surface area contributed by atoms with Crippen LogP contribution < -0.4 is 9.77 Å². The summed E-state index contributed by atoms with van der Waals surface area (Å²) < 4.78 is 0. The number of hydrogen-bond donors (Lipinski definition) is 2. The van der Waals surface area contributed by atoms with E-state index in [4.69, 9.17) is 5.11 Å². The second-order valence-corrected chi connectivity index (χ2v) is 13.2. The van der Waals surface area contributed by atoms with E-state index in [9.17, 15) is 19.2 Å². The number of carbonyl (C=O) groups is 3. The highest BCUT2D eigenvalue weighted by molar-refractivity contribution is 8.00. The third kappa shape index (κ3) is 3.94. The molecule has 0 radical (unpaired) electrons. The topological polar surface area (TPSA) is 111 Å². The van der Waals surface area contributed by atoms with E-state index in [-0.39, 0.29) is 63.9 Å². The monoisotopic (exact) mass is 541 g/mol. The molecule has 0 spiro atoms. The first-order valence-electron chi connectivity index (χ1n) is 13.0. The Balaban J connectivity index is 1.28. The van der Waals surface area contributed by atoms with Gasteiger partial charge in [-0.3, -0.25) is 24.1 Å². The van der Waals surface area contributed by atoms with Crippen LogP contribution >= 0.6 is 23.1 Å². The molecule has 196 valence electrons. The van der Waals surface area contributed by atoms with E-state index in [1.807, 2.05) is 14.1 Å². The van der Waals surface area contributed by atoms with Gasteiger partial charge in [-0.15, -0.1) is 11.8 Å². The molecule has 3 fully saturated rings. The van der Waals surface area contributed by atoms with E-state index in [0.717, 1.165) is 27.6 Å². The third-order valence-corrected chi connectivity index (χ3v) is 11.4. The van der Waals surface area contributed by atoms with E-state index in [0.29, 0.717) is 25.8 Å². The lowest BCUT2D eigenvalue weighted by Crippen LogP contribution is -2.42. The smallest absolute Gasteiger partial charge is 0.305 e. The van der Waals surface area contributed by atoms with E-state index >= 15 is 0 Å². The lowest BCUT2D eigenvalue weighted by Gasteiger charge is -2.43. The van der Waals surface area contributed by atoms with Gasteiger partial charge < -0.3 is 15.0 Å². The van der Waals surface area contributed by atoms with E-state index < -0.39 is 5.97 Å². The summed E-state index contributed by atoms with van der Waals surface area (Å²) in [6, 6.07) is 8.51. The average molecular weight is 542 g/mol. The second kappa shape index (κ2) is 9.31. The van der Waals surface area contributed by atoms with Gasteiger partial charge in [-0.25, -0.2) is 0 Å². The summed E-state index contributed by atoms with van der Waals surface area (Å²) in [5, 5.41) is 9.96. The largest absolute Gasteiger partial charge is 0.481 e. The molecule has 6 rings (SSSR count). The van der Waals surface area contributed by atoms with Crippen LogP contribution in [-0.2, 0) is 14.4 Å². The van der Waals surface area contributed by atoms with Gasteiger partial charge in [0.25, 0.3) is 0 Å². The summed E-state index contributed by atoms with van der Waals surface area (Å²) in [6.45, 7) is 0.377. The molecular weight excluding hydrogens is 510 g/mol. The highest BCUT2D eigenvalue weighted by Crippen LogP contribution is 2.68. The van der Waals surface area contributed by atoms with Gasteiger partial charge in [-0.2, -0.15) is 0 Å². The Kier molecular flexibility index (Phi) is 6.22. The molecule has 1 aromatic heterocycles. The minimum Gasteiger partial charge on any atom is -0.481 e. The van der Waals surface area contributed by atoms with E-state index in [1.54, 1.807) is 11.8 Å². The molecule has 1 aromatic carbocycles. The molecule has 2 aromatic rings. The molecule has 2 bridgehead atoms. The quantitative estimate of drug-likeness (QED) is 0.388. The minimum absolute atomic E-state index is 0.0327. The maximum Gasteiger partial charge on any atom is 0.305 e. The van der Waals surface area contributed by atoms with E-state index in [1.165, 1.54) is 16.2 Å². The number of benzene rings is 1. The van der Waals surface area contributed by atoms with Crippen molar-refractivity contribution in [3.63, 3.8) is 0 Å². The molecule has 0 unspecified atom stereocenters. The normalized spacial score (nSPS) is 31.4. The first kappa shape index (κ1) is 24.7. The molecular formula is C27H31N3O5S2. The van der Waals surface area contributed by atoms with Crippen molar-refractivity contribution in [2.24, 2.45) is 29.6 Å². The maximum atomic E-state index is 13.6. The van der Waals surface area contributed by atoms with Crippen molar-refractivity contribution in [1.82, 2.24) is 9.88 Å². The predicted octanol–water partition coefficient (Wildman–Crippen LogP) is 3.62. The van der Waals surface area contributed by atoms with Crippen LogP contribution in [-0.4, -0.2) is 58.7 Å². The highest BCUT2D eigenvalue weighted by Gasteiger charge is 2.69. The number of nitrogens with zero attached hydrogens (tertiary/aromatic N) is 2. The standard InChI is InChI=1S/C27H31N3O5S2/c1-29(2)14-9-7-13(8-10-14)18-19-15-12-16(22(19)36-24-23(18)37-27(35)28-24)21-20(15)25(33)30(26(21)34)11-5-3-4-6-17(31)32/h7-10,15-16,18-22H,3-6,11-12H2,1-2H3,(H,28,35)(H,31,32)/t15-,16+,18-,19-,20+,21-,22-/m1/s1. The number of aromatic amines is 1. The molecule has 7 atom stereocenters. The Bertz CT molecular complexity index is 1300. The van der Waals surface area contributed by atoms with Gasteiger partial charge >= 0.3 is 10.8 Å². The van der Waals surface area contributed by atoms with Gasteiger partial charge in [0, 0.05) is 48.8 Å². The van der Waals surface area contributed by atoms with Crippen LogP contribution in [0.2, 0.25) is 0 Å². The van der Waals surface area contributed by atoms with Crippen LogP contribution in [0, 0.1) is 29.6 Å². The number of fused-ring (bicyclic) bond motifs is 9. The van der Waals surface area contributed by atoms with Gasteiger partial charge in [0.05, 0.1) is 16.9 Å². The van der Waals surface area contributed by atoms with E-state index in [2.05, 4.69) is 34.1 Å². The zero-order valence-corrected chi connectivity index (χ0v) is 22.5. The summed E-state index contributed by atoms with van der Waals surface area (Å²) in [4.78, 5) is 57.8. The number of aliphatic carboxylic acids is 1. The summed E-state index contributed by atoms with van der Waals surface area (Å²) in [5.41, 5.74) is 2.27. The van der Waals surface area contributed by atoms with Crippen molar-refractivity contribution < 1.29 is 19.5 Å². The maximum absolute atomic E-state index is 13.6. The number of thioether (sulfide) groups is 1. The summed E-state index contributed by atoms with van der Waals surface area (Å²) in [7, 11) is 4.02. The molecule has 2 aliphatic heterocycles. The van der Waals surface area contributed by atoms with Crippen molar-refractivity contribution in [3.05, 3.63) is 44.4 Å². The number of hydrogen-bond acceptors (Lipinski definition) is 7. The Morgan fingerprint density at radius 2 is 1.76 bits per heavy atom. The molecule has 2 saturated carbocycles. The molecule has 2 amide bonds. The van der Waals surface area contributed by atoms with Crippen molar-refractivity contribution in [1.29, 1.82) is 0 Å². The first-order valence-corrected chi connectivity index (χ1v) is 14.7. The van der Waals surface area contributed by atoms with Crippen molar-refractivity contribution in [2.45, 2.75) is 48.3 Å². The number of carboxylic acid groups (broad SMARTS) is 1. The number of aromatic nitrogens is 1. The summed E-state index contributed by atoms with van der Waals surface area (Å²) in [5.74, 6) is -0.981. The molecule has 4 aliphatic rings. The van der Waals surface area contributed by atoms with Crippen LogP contribution in [0.15, 0.2) is 34.1 Å². The summed E-state index contributed by atoms with van der Waals surface area (Å²) >= 11 is 2.99. The molecule has 1 saturated heterocycles. The van der Waals surface area contributed by atoms with Gasteiger partial charge in [0.15, 0.2) is 0 Å². The number of likely N-dealkylation sites (tertiary alicyclic amines) is 1. The fraction of sp³-hybridized carbons (Fsp3) is 0.556. The predicted molar refractivity (Wildman–Crippen MR) is 142 cm³/mol. The van der Waals surface area contributed by atoms with Crippen LogP contribution in [0.1, 0.15) is 48.5 Å². The third-order valence-electron chi connectivity index (χ3n) is 8.86. The van der Waals surface area contributed by atoms with Gasteiger partial charge in [0.2, 0.25) is 11.8 Å². The zero-order chi connectivity index (χ0) is 26.0. The molecule has 2 N–H and O–H groups in total. The Morgan fingerprint density at radius 1 is 1.05 bits per heavy atom. The molecule has 10 heteroatoms. The van der Waals surface area contributed by atoms with Gasteiger partial charge in [0.1, 0.15) is 0 Å². The van der Waals surface area contributed by atoms with Crippen molar-refractivity contribution in [3.8, 4) is 0 Å². The molecule has 37 heavy (non-hydrogen) atoms. The number of anilines is 1. The first-order chi connectivity index (χ1) is 17.8. The molecule has 2 aliphatic carbocycles. The Hall–Kier alpha value is -2.59. The lowest BCUT2D eigenvalue weighted by atomic mass is 9.68. The number of H-pyrrole nitrogens is 1. The van der Waals surface area contributed by atoms with Crippen LogP contribution in [0.4, 0.5) is 5.69 Å². The number of unbranched alkanes of at least 4 members (excludes halogenated alkanes) is 2. The molecule has 8 nitrogen and oxygen atoms in total. The Morgan fingerprint density at radius 3 is 2.43 bits per heavy atom. The second-order valence-electron chi connectivity index (χ2n) is 11.0. The fourth-order valence-electron chi connectivity index (χ4n) is 7.37. The highest BCUT2D eigenvalue weighted by atomic mass is 32.2. The Labute approximate surface area is 223 Å². The fourth-order valence-corrected chi connectivity index (χ4v) is 10.3. The van der Waals surface area contributed by atoms with Crippen LogP contribution in [0.5, 0.6) is 0 Å². The van der Waals surface area contributed by atoms with Gasteiger partial charge in [-0.1, -0.05) is 29.9 Å². The van der Waals surface area contributed by atoms with Crippen molar-refractivity contribution in [2.75, 3.05) is 25.5 Å². The number of thiazole rings is 1. The number of carboxylic acids is 1. The number of imide groups is 1. The molecule has 3 heterocycles. The zero-order valence-electron chi connectivity index (χ0n) is 20.9. The minimum atomic E-state index is -0.819. The average Bonchev–Trinajstić information content (AvgIpc) is 3.58. The lowest BCUT2D eigenvalue weighted by molar-refractivity contribution is -0.141. The van der Waals surface area contributed by atoms with Gasteiger partial charge in [-0.05, 0) is 54.7 Å². The SMILES string of the molecule is CN(C)c1ccc([C@H]2c3sc(=O)[nH]c3S[C@@H]3[C@H]4C[C@@H]([C@@H]5C(=O)N(CCCCCC(=O)O)C(=O)[C@H]45)[C@H]23)cc1. The van der Waals surface area contributed by atoms with Crippen LogP contribution in [0.3, 0.4) is 0 Å². The number of amides is 2. The van der Waals surface area contributed by atoms with Crippen LogP contribution in [0.25, 0.3) is 0 Å². The summed E-state index contributed by atoms with van der Waals surface area (Å²) in [6.07, 6.45) is 2.87. The number of rotatable bonds is 8. The van der Waals surface area contributed by atoms with Crippen molar-refractivity contribution >= 4 is 46.6 Å². The number of carbonyl (C=O) groups excluding carboxylic acids is 2. The number of nitrogens with one attached hydrogen (secondary N) is 1.